The van der Waals surface area contributed by atoms with Gasteiger partial charge >= 0.3 is 0 Å². The molecular weight excluding hydrogens is 230 g/mol. The van der Waals surface area contributed by atoms with Crippen LogP contribution < -0.4 is 5.32 Å². The normalized spacial score (nSPS) is 12.5. The van der Waals surface area contributed by atoms with E-state index in [1.54, 1.807) is 17.5 Å². The molecule has 0 amide bonds. The molecule has 90 valence electrons. The van der Waals surface area contributed by atoms with Crippen LogP contribution in [0.15, 0.2) is 36.0 Å². The molecule has 2 rings (SSSR count). The lowest BCUT2D eigenvalue weighted by Gasteiger charge is -2.17. The Bertz CT molecular complexity index is 413. The highest BCUT2D eigenvalue weighted by Crippen LogP contribution is 2.20. The summed E-state index contributed by atoms with van der Waals surface area (Å²) in [6.45, 7) is 3.21. The van der Waals surface area contributed by atoms with Crippen LogP contribution >= 0.6 is 11.3 Å². The topological polar surface area (TPSA) is 37.8 Å². The van der Waals surface area contributed by atoms with Gasteiger partial charge in [-0.3, -0.25) is 0 Å². The van der Waals surface area contributed by atoms with Crippen molar-refractivity contribution in [3.05, 3.63) is 46.4 Å². The van der Waals surface area contributed by atoms with Crippen LogP contribution in [0.3, 0.4) is 0 Å². The third kappa shape index (κ3) is 3.61. The second-order valence-electron chi connectivity index (χ2n) is 3.97. The molecule has 2 heterocycles. The van der Waals surface area contributed by atoms with E-state index in [1.807, 2.05) is 12.3 Å². The molecule has 0 aromatic carbocycles. The minimum Gasteiger partial charge on any atom is -0.310 e. The van der Waals surface area contributed by atoms with Gasteiger partial charge in [0.15, 0.2) is 0 Å². The molecule has 0 aliphatic rings. The van der Waals surface area contributed by atoms with Crippen molar-refractivity contribution in [2.45, 2.75) is 25.8 Å². The number of aromatic nitrogens is 2. The summed E-state index contributed by atoms with van der Waals surface area (Å²) >= 11 is 1.80. The molecular formula is C13H17N3S. The highest BCUT2D eigenvalue weighted by Gasteiger charge is 2.12. The largest absolute Gasteiger partial charge is 0.310 e. The van der Waals surface area contributed by atoms with Gasteiger partial charge in [-0.25, -0.2) is 0 Å². The summed E-state index contributed by atoms with van der Waals surface area (Å²) in [6.07, 6.45) is 5.76. The van der Waals surface area contributed by atoms with Gasteiger partial charge in [-0.15, -0.1) is 11.3 Å². The van der Waals surface area contributed by atoms with Crippen molar-refractivity contribution in [1.82, 2.24) is 15.5 Å². The van der Waals surface area contributed by atoms with Crippen molar-refractivity contribution in [1.29, 1.82) is 0 Å². The van der Waals surface area contributed by atoms with Gasteiger partial charge in [0, 0.05) is 23.5 Å². The SMILES string of the molecule is CCCNC(Cc1cccs1)c1ccnnc1. The van der Waals surface area contributed by atoms with Gasteiger partial charge < -0.3 is 5.32 Å². The molecule has 0 bridgehead atoms. The van der Waals surface area contributed by atoms with Crippen molar-refractivity contribution in [3.8, 4) is 0 Å². The summed E-state index contributed by atoms with van der Waals surface area (Å²) < 4.78 is 0. The van der Waals surface area contributed by atoms with Crippen molar-refractivity contribution in [2.24, 2.45) is 0 Å². The first kappa shape index (κ1) is 12.2. The quantitative estimate of drug-likeness (QED) is 0.853. The molecule has 0 aliphatic heterocycles. The van der Waals surface area contributed by atoms with Crippen LogP contribution in [0.25, 0.3) is 0 Å². The van der Waals surface area contributed by atoms with Crippen LogP contribution in [-0.4, -0.2) is 16.7 Å². The Hall–Kier alpha value is -1.26. The first-order chi connectivity index (χ1) is 8.40. The Balaban J connectivity index is 2.08. The number of nitrogens with one attached hydrogen (secondary N) is 1. The predicted molar refractivity (Wildman–Crippen MR) is 71.1 cm³/mol. The van der Waals surface area contributed by atoms with Gasteiger partial charge in [0.1, 0.15) is 0 Å². The maximum absolute atomic E-state index is 3.96. The van der Waals surface area contributed by atoms with E-state index in [2.05, 4.69) is 40.0 Å². The van der Waals surface area contributed by atoms with Crippen molar-refractivity contribution in [2.75, 3.05) is 6.54 Å². The maximum atomic E-state index is 3.96. The second kappa shape index (κ2) is 6.47. The summed E-state index contributed by atoms with van der Waals surface area (Å²) in [5, 5.41) is 13.5. The number of hydrogen-bond donors (Lipinski definition) is 1. The van der Waals surface area contributed by atoms with Gasteiger partial charge in [0.25, 0.3) is 0 Å². The maximum Gasteiger partial charge on any atom is 0.0544 e. The molecule has 0 fully saturated rings. The Morgan fingerprint density at radius 3 is 2.94 bits per heavy atom. The van der Waals surface area contributed by atoms with Gasteiger partial charge in [-0.2, -0.15) is 10.2 Å². The van der Waals surface area contributed by atoms with E-state index in [0.29, 0.717) is 6.04 Å². The molecule has 0 saturated carbocycles. The van der Waals surface area contributed by atoms with E-state index in [0.717, 1.165) is 19.4 Å². The van der Waals surface area contributed by atoms with Gasteiger partial charge in [-0.05, 0) is 36.0 Å². The molecule has 3 nitrogen and oxygen atoms in total. The average Bonchev–Trinajstić information content (AvgIpc) is 2.88. The first-order valence-electron chi connectivity index (χ1n) is 5.92. The lowest BCUT2D eigenvalue weighted by atomic mass is 10.1. The fourth-order valence-corrected chi connectivity index (χ4v) is 2.52. The van der Waals surface area contributed by atoms with E-state index in [4.69, 9.17) is 0 Å². The number of thiophene rings is 1. The zero-order valence-corrected chi connectivity index (χ0v) is 10.8. The Kier molecular flexibility index (Phi) is 4.64. The van der Waals surface area contributed by atoms with Crippen LogP contribution in [0, 0.1) is 0 Å². The molecule has 1 atom stereocenters. The second-order valence-corrected chi connectivity index (χ2v) is 5.00. The van der Waals surface area contributed by atoms with Gasteiger partial charge in [0.05, 0.1) is 6.20 Å². The Morgan fingerprint density at radius 2 is 2.29 bits per heavy atom. The Morgan fingerprint density at radius 1 is 1.35 bits per heavy atom. The lowest BCUT2D eigenvalue weighted by Crippen LogP contribution is -2.24. The van der Waals surface area contributed by atoms with E-state index < -0.39 is 0 Å². The zero-order valence-electron chi connectivity index (χ0n) is 9.97. The summed E-state index contributed by atoms with van der Waals surface area (Å²) in [7, 11) is 0. The highest BCUT2D eigenvalue weighted by molar-refractivity contribution is 7.09. The molecule has 17 heavy (non-hydrogen) atoms. The van der Waals surface area contributed by atoms with Crippen LogP contribution in [0.4, 0.5) is 0 Å². The standard InChI is InChI=1S/C13H17N3S/c1-2-6-14-13(9-12-4-3-8-17-12)11-5-7-15-16-10-11/h3-5,7-8,10,13-14H,2,6,9H2,1H3. The molecule has 1 N–H and O–H groups in total. The zero-order chi connectivity index (χ0) is 11.9. The summed E-state index contributed by atoms with van der Waals surface area (Å²) in [4.78, 5) is 1.40. The van der Waals surface area contributed by atoms with Gasteiger partial charge in [-0.1, -0.05) is 13.0 Å². The fraction of sp³-hybridized carbons (Fsp3) is 0.385. The fourth-order valence-electron chi connectivity index (χ4n) is 1.76. The summed E-state index contributed by atoms with van der Waals surface area (Å²) in [6, 6.07) is 6.65. The number of hydrogen-bond acceptors (Lipinski definition) is 4. The molecule has 0 spiro atoms. The van der Waals surface area contributed by atoms with Crippen LogP contribution in [-0.2, 0) is 6.42 Å². The third-order valence-corrected chi connectivity index (χ3v) is 3.53. The van der Waals surface area contributed by atoms with Crippen molar-refractivity contribution < 1.29 is 0 Å². The smallest absolute Gasteiger partial charge is 0.0544 e. The van der Waals surface area contributed by atoms with Crippen molar-refractivity contribution >= 4 is 11.3 Å². The van der Waals surface area contributed by atoms with E-state index in [1.165, 1.54) is 10.4 Å². The minimum absolute atomic E-state index is 0.337. The average molecular weight is 247 g/mol. The molecule has 0 radical (unpaired) electrons. The summed E-state index contributed by atoms with van der Waals surface area (Å²) in [5.74, 6) is 0. The molecule has 2 aromatic heterocycles. The van der Waals surface area contributed by atoms with Gasteiger partial charge in [0.2, 0.25) is 0 Å². The lowest BCUT2D eigenvalue weighted by molar-refractivity contribution is 0.529. The molecule has 0 saturated heterocycles. The molecule has 4 heteroatoms. The molecule has 0 aliphatic carbocycles. The van der Waals surface area contributed by atoms with Crippen LogP contribution in [0.5, 0.6) is 0 Å². The molecule has 1 unspecified atom stereocenters. The molecule has 2 aromatic rings. The summed E-state index contributed by atoms with van der Waals surface area (Å²) in [5.41, 5.74) is 1.21. The van der Waals surface area contributed by atoms with Crippen LogP contribution in [0.1, 0.15) is 29.8 Å². The monoisotopic (exact) mass is 247 g/mol. The van der Waals surface area contributed by atoms with Crippen molar-refractivity contribution in [3.63, 3.8) is 0 Å². The number of nitrogens with zero attached hydrogens (tertiary/aromatic N) is 2. The van der Waals surface area contributed by atoms with E-state index in [-0.39, 0.29) is 0 Å². The van der Waals surface area contributed by atoms with E-state index in [9.17, 15) is 0 Å². The minimum atomic E-state index is 0.337. The highest BCUT2D eigenvalue weighted by atomic mass is 32.1. The first-order valence-corrected chi connectivity index (χ1v) is 6.80. The van der Waals surface area contributed by atoms with E-state index >= 15 is 0 Å². The third-order valence-electron chi connectivity index (χ3n) is 2.64. The van der Waals surface area contributed by atoms with Crippen LogP contribution in [0.2, 0.25) is 0 Å². The predicted octanol–water partition coefficient (Wildman–Crippen LogP) is 2.82. The Labute approximate surface area is 106 Å². The number of rotatable bonds is 6.